The molecule has 4 rings (SSSR count). The molecule has 0 saturated carbocycles. The Bertz CT molecular complexity index is 1040. The van der Waals surface area contributed by atoms with Crippen LogP contribution in [0, 0.1) is 6.92 Å². The molecule has 2 aliphatic heterocycles. The number of ether oxygens (including phenoxy) is 1. The number of benzene rings is 2. The number of imide groups is 1. The Morgan fingerprint density at radius 1 is 1.03 bits per heavy atom. The number of hydrogen-bond acceptors (Lipinski definition) is 5. The Balaban J connectivity index is 1.48. The van der Waals surface area contributed by atoms with E-state index in [9.17, 15) is 14.4 Å². The summed E-state index contributed by atoms with van der Waals surface area (Å²) in [5.41, 5.74) is 2.54. The fourth-order valence-corrected chi connectivity index (χ4v) is 4.53. The van der Waals surface area contributed by atoms with Crippen LogP contribution in [0.5, 0.6) is 0 Å². The summed E-state index contributed by atoms with van der Waals surface area (Å²) in [6.07, 6.45) is 0. The summed E-state index contributed by atoms with van der Waals surface area (Å²) in [5.74, 6) is -1.52. The maximum absolute atomic E-state index is 13.0. The number of nitrogens with one attached hydrogen (secondary N) is 1. The summed E-state index contributed by atoms with van der Waals surface area (Å²) in [6, 6.07) is 9.91. The van der Waals surface area contributed by atoms with Gasteiger partial charge in [0.15, 0.2) is 0 Å². The van der Waals surface area contributed by atoms with Crippen LogP contribution in [0.2, 0.25) is 10.0 Å². The second-order valence-corrected chi connectivity index (χ2v) is 9.10. The zero-order valence-electron chi connectivity index (χ0n) is 18.4. The van der Waals surface area contributed by atoms with Crippen LogP contribution in [0.25, 0.3) is 0 Å². The highest BCUT2D eigenvalue weighted by molar-refractivity contribution is 6.43. The lowest BCUT2D eigenvalue weighted by Gasteiger charge is -2.35. The van der Waals surface area contributed by atoms with E-state index in [4.69, 9.17) is 27.9 Å². The number of carbonyl (C=O) groups excluding carboxylic acids is 3. The first-order valence-corrected chi connectivity index (χ1v) is 11.6. The molecule has 2 unspecified atom stereocenters. The van der Waals surface area contributed by atoms with E-state index in [1.165, 1.54) is 19.1 Å². The third kappa shape index (κ3) is 4.77. The molecule has 1 saturated heterocycles. The largest absolute Gasteiger partial charge is 0.379 e. The van der Waals surface area contributed by atoms with Gasteiger partial charge in [-0.05, 0) is 31.5 Å². The monoisotopic (exact) mass is 489 g/mol. The number of morpholine rings is 1. The maximum atomic E-state index is 13.0. The Morgan fingerprint density at radius 2 is 1.58 bits per heavy atom. The first-order chi connectivity index (χ1) is 15.8. The van der Waals surface area contributed by atoms with Crippen molar-refractivity contribution < 1.29 is 19.1 Å². The standard InChI is InChI=1S/C24H25Cl2N3O4/c1-14-3-5-16(6-4-14)21(28-7-9-33-10-8-28)13-27-22(30)15(2)29-23(31)17-11-19(25)20(26)12-18(17)24(29)32/h3-6,11-12,15,21H,7-10,13H2,1-2H3,(H,27,30). The molecule has 33 heavy (non-hydrogen) atoms. The van der Waals surface area contributed by atoms with E-state index in [-0.39, 0.29) is 27.2 Å². The van der Waals surface area contributed by atoms with Crippen LogP contribution in [0.15, 0.2) is 36.4 Å². The van der Waals surface area contributed by atoms with E-state index >= 15 is 0 Å². The number of hydrogen-bond donors (Lipinski definition) is 1. The van der Waals surface area contributed by atoms with Gasteiger partial charge in [-0.1, -0.05) is 53.0 Å². The minimum absolute atomic E-state index is 0.0505. The first-order valence-electron chi connectivity index (χ1n) is 10.8. The second-order valence-electron chi connectivity index (χ2n) is 8.29. The van der Waals surface area contributed by atoms with Gasteiger partial charge in [0.25, 0.3) is 11.8 Å². The summed E-state index contributed by atoms with van der Waals surface area (Å²) in [6.45, 7) is 6.68. The van der Waals surface area contributed by atoms with Gasteiger partial charge in [-0.2, -0.15) is 0 Å². The van der Waals surface area contributed by atoms with Gasteiger partial charge in [-0.15, -0.1) is 0 Å². The molecule has 2 aliphatic rings. The Labute approximate surface area is 202 Å². The highest BCUT2D eigenvalue weighted by atomic mass is 35.5. The van der Waals surface area contributed by atoms with Crippen molar-refractivity contribution in [1.82, 2.24) is 15.1 Å². The molecule has 174 valence electrons. The average Bonchev–Trinajstić information content (AvgIpc) is 3.04. The molecule has 0 radical (unpaired) electrons. The fourth-order valence-electron chi connectivity index (χ4n) is 4.20. The minimum atomic E-state index is -0.988. The van der Waals surface area contributed by atoms with Crippen LogP contribution in [-0.2, 0) is 9.53 Å². The smallest absolute Gasteiger partial charge is 0.262 e. The number of rotatable bonds is 6. The van der Waals surface area contributed by atoms with Crippen LogP contribution in [0.4, 0.5) is 0 Å². The van der Waals surface area contributed by atoms with Crippen molar-refractivity contribution in [3.8, 4) is 0 Å². The van der Waals surface area contributed by atoms with Crippen molar-refractivity contribution in [1.29, 1.82) is 0 Å². The highest BCUT2D eigenvalue weighted by Crippen LogP contribution is 2.32. The molecule has 0 spiro atoms. The van der Waals surface area contributed by atoms with Crippen molar-refractivity contribution in [2.75, 3.05) is 32.8 Å². The van der Waals surface area contributed by atoms with Crippen molar-refractivity contribution in [3.63, 3.8) is 0 Å². The molecule has 2 heterocycles. The topological polar surface area (TPSA) is 79.0 Å². The van der Waals surface area contributed by atoms with Gasteiger partial charge < -0.3 is 10.1 Å². The highest BCUT2D eigenvalue weighted by Gasteiger charge is 2.41. The third-order valence-corrected chi connectivity index (χ3v) is 6.87. The van der Waals surface area contributed by atoms with Crippen LogP contribution in [0.1, 0.15) is 44.8 Å². The number of carbonyl (C=O) groups is 3. The zero-order chi connectivity index (χ0) is 23.7. The molecule has 0 aliphatic carbocycles. The summed E-state index contributed by atoms with van der Waals surface area (Å²) >= 11 is 12.0. The molecule has 1 N–H and O–H groups in total. The van der Waals surface area contributed by atoms with Crippen LogP contribution < -0.4 is 5.32 Å². The number of fused-ring (bicyclic) bond motifs is 1. The predicted molar refractivity (Wildman–Crippen MR) is 126 cm³/mol. The average molecular weight is 490 g/mol. The lowest BCUT2D eigenvalue weighted by Crippen LogP contribution is -2.50. The lowest BCUT2D eigenvalue weighted by atomic mass is 10.0. The fraction of sp³-hybridized carbons (Fsp3) is 0.375. The second kappa shape index (κ2) is 9.81. The van der Waals surface area contributed by atoms with Crippen LogP contribution in [-0.4, -0.2) is 66.4 Å². The molecule has 3 amide bonds. The van der Waals surface area contributed by atoms with Crippen molar-refractivity contribution in [2.24, 2.45) is 0 Å². The molecule has 2 aromatic rings. The van der Waals surface area contributed by atoms with E-state index < -0.39 is 23.8 Å². The zero-order valence-corrected chi connectivity index (χ0v) is 19.9. The molecule has 0 aromatic heterocycles. The van der Waals surface area contributed by atoms with Crippen molar-refractivity contribution >= 4 is 40.9 Å². The number of aryl methyl sites for hydroxylation is 1. The summed E-state index contributed by atoms with van der Waals surface area (Å²) in [7, 11) is 0. The summed E-state index contributed by atoms with van der Waals surface area (Å²) < 4.78 is 5.48. The normalized spacial score (nSPS) is 18.2. The summed E-state index contributed by atoms with van der Waals surface area (Å²) in [4.78, 5) is 42.0. The van der Waals surface area contributed by atoms with Crippen molar-refractivity contribution in [3.05, 3.63) is 68.7 Å². The molecule has 9 heteroatoms. The van der Waals surface area contributed by atoms with Crippen LogP contribution >= 0.6 is 23.2 Å². The first kappa shape index (κ1) is 23.7. The van der Waals surface area contributed by atoms with E-state index in [1.807, 2.05) is 19.1 Å². The third-order valence-electron chi connectivity index (χ3n) is 6.14. The van der Waals surface area contributed by atoms with Gasteiger partial charge in [-0.3, -0.25) is 24.2 Å². The van der Waals surface area contributed by atoms with Crippen LogP contribution in [0.3, 0.4) is 0 Å². The van der Waals surface area contributed by atoms with E-state index in [1.54, 1.807) is 0 Å². The van der Waals surface area contributed by atoms with E-state index in [0.717, 1.165) is 29.1 Å². The number of amides is 3. The van der Waals surface area contributed by atoms with Gasteiger partial charge in [0.2, 0.25) is 5.91 Å². The Kier molecular flexibility index (Phi) is 7.05. The lowest BCUT2D eigenvalue weighted by molar-refractivity contribution is -0.124. The molecule has 7 nitrogen and oxygen atoms in total. The molecular formula is C24H25Cl2N3O4. The number of nitrogens with zero attached hydrogens (tertiary/aromatic N) is 2. The van der Waals surface area contributed by atoms with Gasteiger partial charge in [0.05, 0.1) is 40.4 Å². The molecule has 0 bridgehead atoms. The van der Waals surface area contributed by atoms with Crippen molar-refractivity contribution in [2.45, 2.75) is 25.9 Å². The molecule has 2 aromatic carbocycles. The van der Waals surface area contributed by atoms with E-state index in [2.05, 4.69) is 22.3 Å². The van der Waals surface area contributed by atoms with Gasteiger partial charge in [0, 0.05) is 19.6 Å². The van der Waals surface area contributed by atoms with E-state index in [0.29, 0.717) is 19.8 Å². The maximum Gasteiger partial charge on any atom is 0.262 e. The van der Waals surface area contributed by atoms with Gasteiger partial charge in [0.1, 0.15) is 6.04 Å². The predicted octanol–water partition coefficient (Wildman–Crippen LogP) is 3.48. The summed E-state index contributed by atoms with van der Waals surface area (Å²) in [5, 5.41) is 3.31. The number of halogens is 2. The molecule has 2 atom stereocenters. The Morgan fingerprint density at radius 3 is 2.12 bits per heavy atom. The quantitative estimate of drug-likeness (QED) is 0.628. The Hall–Kier alpha value is -2.45. The molecule has 1 fully saturated rings. The van der Waals surface area contributed by atoms with Gasteiger partial charge >= 0.3 is 0 Å². The van der Waals surface area contributed by atoms with Gasteiger partial charge in [-0.25, -0.2) is 0 Å². The SMILES string of the molecule is Cc1ccc(C(CNC(=O)C(C)N2C(=O)c3cc(Cl)c(Cl)cc3C2=O)N2CCOCC2)cc1. The minimum Gasteiger partial charge on any atom is -0.379 e. The molecular weight excluding hydrogens is 465 g/mol.